The molecule has 0 saturated carbocycles. The van der Waals surface area contributed by atoms with Crippen LogP contribution in [0.25, 0.3) is 0 Å². The van der Waals surface area contributed by atoms with Crippen molar-refractivity contribution >= 4 is 23.4 Å². The maximum absolute atomic E-state index is 12.2. The zero-order chi connectivity index (χ0) is 17.4. The first-order valence-electron chi connectivity index (χ1n) is 8.17. The van der Waals surface area contributed by atoms with Crippen molar-refractivity contribution in [3.8, 4) is 0 Å². The number of allylic oxidation sites excluding steroid dienone is 1. The molecule has 2 rings (SSSR count). The number of benzene rings is 1. The molecular weight excluding hydrogens is 320 g/mol. The molecule has 0 radical (unpaired) electrons. The summed E-state index contributed by atoms with van der Waals surface area (Å²) in [6.07, 6.45) is 4.92. The predicted molar refractivity (Wildman–Crippen MR) is 99.4 cm³/mol. The normalized spacial score (nSPS) is 10.6. The van der Waals surface area contributed by atoms with Gasteiger partial charge in [0.05, 0.1) is 5.75 Å². The molecule has 0 spiro atoms. The number of aromatic nitrogens is 3. The lowest BCUT2D eigenvalue weighted by Crippen LogP contribution is -2.15. The third kappa shape index (κ3) is 4.96. The first kappa shape index (κ1) is 18.3. The summed E-state index contributed by atoms with van der Waals surface area (Å²) in [5.41, 5.74) is 1.90. The minimum Gasteiger partial charge on any atom is -0.325 e. The van der Waals surface area contributed by atoms with E-state index in [4.69, 9.17) is 0 Å². The van der Waals surface area contributed by atoms with Gasteiger partial charge in [-0.25, -0.2) is 0 Å². The van der Waals surface area contributed by atoms with Crippen molar-refractivity contribution in [1.82, 2.24) is 14.8 Å². The molecule has 2 aromatic rings. The summed E-state index contributed by atoms with van der Waals surface area (Å²) in [5, 5.41) is 12.2. The minimum atomic E-state index is -0.0439. The van der Waals surface area contributed by atoms with Gasteiger partial charge in [0.15, 0.2) is 5.16 Å². The summed E-state index contributed by atoms with van der Waals surface area (Å²) in [7, 11) is 0. The van der Waals surface area contributed by atoms with Crippen molar-refractivity contribution in [2.75, 3.05) is 11.1 Å². The molecule has 0 unspecified atom stereocenters. The molecule has 0 aliphatic rings. The fraction of sp³-hybridized carbons (Fsp3) is 0.389. The Morgan fingerprint density at radius 1 is 1.38 bits per heavy atom. The van der Waals surface area contributed by atoms with Gasteiger partial charge in [-0.3, -0.25) is 4.79 Å². The first-order chi connectivity index (χ1) is 11.7. The highest BCUT2D eigenvalue weighted by molar-refractivity contribution is 7.99. The molecular formula is C18H24N4OS. The average Bonchev–Trinajstić information content (AvgIpc) is 2.95. The fourth-order valence-electron chi connectivity index (χ4n) is 2.29. The Balaban J connectivity index is 1.98. The number of carbonyl (C=O) groups excluding carboxylic acids is 1. The van der Waals surface area contributed by atoms with Crippen LogP contribution in [0.15, 0.2) is 42.1 Å². The second-order valence-corrected chi connectivity index (χ2v) is 6.50. The second kappa shape index (κ2) is 9.27. The van der Waals surface area contributed by atoms with E-state index in [1.807, 2.05) is 41.8 Å². The SMILES string of the molecule is C=CCn1c(CCCC)nnc1SCC(=O)Nc1ccccc1C. The summed E-state index contributed by atoms with van der Waals surface area (Å²) in [6, 6.07) is 7.75. The van der Waals surface area contributed by atoms with E-state index in [0.717, 1.165) is 41.5 Å². The van der Waals surface area contributed by atoms with Crippen molar-refractivity contribution < 1.29 is 4.79 Å². The van der Waals surface area contributed by atoms with E-state index in [2.05, 4.69) is 29.0 Å². The van der Waals surface area contributed by atoms with Gasteiger partial charge in [0.1, 0.15) is 5.82 Å². The molecule has 0 aliphatic carbocycles. The lowest BCUT2D eigenvalue weighted by molar-refractivity contribution is -0.113. The van der Waals surface area contributed by atoms with Crippen molar-refractivity contribution in [3.63, 3.8) is 0 Å². The highest BCUT2D eigenvalue weighted by Crippen LogP contribution is 2.19. The molecule has 128 valence electrons. The molecule has 24 heavy (non-hydrogen) atoms. The van der Waals surface area contributed by atoms with Crippen LogP contribution in [0.2, 0.25) is 0 Å². The number of hydrogen-bond acceptors (Lipinski definition) is 4. The van der Waals surface area contributed by atoms with Gasteiger partial charge in [0, 0.05) is 18.7 Å². The maximum atomic E-state index is 12.2. The van der Waals surface area contributed by atoms with E-state index >= 15 is 0 Å². The fourth-order valence-corrected chi connectivity index (χ4v) is 3.05. The quantitative estimate of drug-likeness (QED) is 0.554. The summed E-state index contributed by atoms with van der Waals surface area (Å²) in [4.78, 5) is 12.2. The summed E-state index contributed by atoms with van der Waals surface area (Å²) >= 11 is 1.40. The number of nitrogens with zero attached hydrogens (tertiary/aromatic N) is 3. The van der Waals surface area contributed by atoms with Gasteiger partial charge in [0.25, 0.3) is 0 Å². The number of thioether (sulfide) groups is 1. The molecule has 1 N–H and O–H groups in total. The third-order valence-corrected chi connectivity index (χ3v) is 4.58. The Kier molecular flexibility index (Phi) is 7.06. The minimum absolute atomic E-state index is 0.0439. The van der Waals surface area contributed by atoms with Crippen LogP contribution in [0.5, 0.6) is 0 Å². The Bertz CT molecular complexity index is 696. The van der Waals surface area contributed by atoms with Crippen LogP contribution >= 0.6 is 11.8 Å². The molecule has 1 aromatic heterocycles. The Hall–Kier alpha value is -2.08. The van der Waals surface area contributed by atoms with Gasteiger partial charge < -0.3 is 9.88 Å². The van der Waals surface area contributed by atoms with Gasteiger partial charge in [-0.05, 0) is 25.0 Å². The number of aryl methyl sites for hydroxylation is 2. The smallest absolute Gasteiger partial charge is 0.234 e. The van der Waals surface area contributed by atoms with E-state index in [0.29, 0.717) is 12.3 Å². The van der Waals surface area contributed by atoms with Gasteiger partial charge in [0.2, 0.25) is 5.91 Å². The van der Waals surface area contributed by atoms with Gasteiger partial charge in [-0.15, -0.1) is 16.8 Å². The Labute approximate surface area is 147 Å². The summed E-state index contributed by atoms with van der Waals surface area (Å²) in [6.45, 7) is 8.58. The van der Waals surface area contributed by atoms with Crippen molar-refractivity contribution in [3.05, 3.63) is 48.3 Å². The largest absolute Gasteiger partial charge is 0.325 e. The van der Waals surface area contributed by atoms with Crippen LogP contribution in [0.3, 0.4) is 0 Å². The van der Waals surface area contributed by atoms with E-state index < -0.39 is 0 Å². The topological polar surface area (TPSA) is 59.8 Å². The van der Waals surface area contributed by atoms with Gasteiger partial charge in [-0.1, -0.05) is 49.4 Å². The maximum Gasteiger partial charge on any atom is 0.234 e. The lowest BCUT2D eigenvalue weighted by Gasteiger charge is -2.09. The molecule has 0 bridgehead atoms. The third-order valence-electron chi connectivity index (χ3n) is 3.61. The number of rotatable bonds is 9. The molecule has 1 amide bonds. The molecule has 5 nitrogen and oxygen atoms in total. The molecule has 0 saturated heterocycles. The van der Waals surface area contributed by atoms with E-state index in [-0.39, 0.29) is 5.91 Å². The van der Waals surface area contributed by atoms with Crippen molar-refractivity contribution in [2.45, 2.75) is 44.8 Å². The van der Waals surface area contributed by atoms with Crippen LogP contribution in [-0.2, 0) is 17.8 Å². The average molecular weight is 344 g/mol. The number of unbranched alkanes of at least 4 members (excludes halogenated alkanes) is 1. The molecule has 6 heteroatoms. The van der Waals surface area contributed by atoms with Gasteiger partial charge in [-0.2, -0.15) is 0 Å². The zero-order valence-corrected chi connectivity index (χ0v) is 15.1. The first-order valence-corrected chi connectivity index (χ1v) is 9.15. The number of hydrogen-bond donors (Lipinski definition) is 1. The van der Waals surface area contributed by atoms with Crippen LogP contribution < -0.4 is 5.32 Å². The predicted octanol–water partition coefficient (Wildman–Crippen LogP) is 3.85. The molecule has 0 fully saturated rings. The molecule has 1 aromatic carbocycles. The van der Waals surface area contributed by atoms with Crippen LogP contribution in [0, 0.1) is 6.92 Å². The molecule has 0 atom stereocenters. The zero-order valence-electron chi connectivity index (χ0n) is 14.3. The monoisotopic (exact) mass is 344 g/mol. The van der Waals surface area contributed by atoms with E-state index in [9.17, 15) is 4.79 Å². The lowest BCUT2D eigenvalue weighted by atomic mass is 10.2. The highest BCUT2D eigenvalue weighted by atomic mass is 32.2. The Morgan fingerprint density at radius 3 is 2.88 bits per heavy atom. The standard InChI is InChI=1S/C18H24N4OS/c1-4-6-11-16-20-21-18(22(16)12-5-2)24-13-17(23)19-15-10-8-7-9-14(15)3/h5,7-10H,2,4,6,11-13H2,1,3H3,(H,19,23). The number of carbonyl (C=O) groups is 1. The number of amides is 1. The van der Waals surface area contributed by atoms with Crippen molar-refractivity contribution in [1.29, 1.82) is 0 Å². The Morgan fingerprint density at radius 2 is 2.17 bits per heavy atom. The number of nitrogens with one attached hydrogen (secondary N) is 1. The second-order valence-electron chi connectivity index (χ2n) is 5.55. The molecule has 1 heterocycles. The summed E-state index contributed by atoms with van der Waals surface area (Å²) < 4.78 is 2.04. The van der Waals surface area contributed by atoms with Gasteiger partial charge >= 0.3 is 0 Å². The van der Waals surface area contributed by atoms with E-state index in [1.165, 1.54) is 11.8 Å². The van der Waals surface area contributed by atoms with E-state index in [1.54, 1.807) is 0 Å². The van der Waals surface area contributed by atoms with Crippen LogP contribution in [0.1, 0.15) is 31.2 Å². The number of anilines is 1. The summed E-state index contributed by atoms with van der Waals surface area (Å²) in [5.74, 6) is 1.22. The number of para-hydroxylation sites is 1. The highest BCUT2D eigenvalue weighted by Gasteiger charge is 2.13. The van der Waals surface area contributed by atoms with Crippen LogP contribution in [-0.4, -0.2) is 26.4 Å². The molecule has 0 aliphatic heterocycles. The van der Waals surface area contributed by atoms with Crippen LogP contribution in [0.4, 0.5) is 5.69 Å². The van der Waals surface area contributed by atoms with Crippen molar-refractivity contribution in [2.24, 2.45) is 0 Å².